The van der Waals surface area contributed by atoms with E-state index in [0.717, 1.165) is 44.9 Å². The Labute approximate surface area is 260 Å². The van der Waals surface area contributed by atoms with Crippen LogP contribution in [0.3, 0.4) is 0 Å². The largest absolute Gasteiger partial charge is 0.394 e. The van der Waals surface area contributed by atoms with E-state index >= 15 is 0 Å². The summed E-state index contributed by atoms with van der Waals surface area (Å²) in [6.45, 7) is 3.97. The molecular formula is C36H71NO5. The Morgan fingerprint density at radius 1 is 0.571 bits per heavy atom. The third-order valence-corrected chi connectivity index (χ3v) is 8.48. The average Bonchev–Trinajstić information content (AvgIpc) is 2.99. The Morgan fingerprint density at radius 3 is 1.38 bits per heavy atom. The van der Waals surface area contributed by atoms with Crippen molar-refractivity contribution in [3.05, 3.63) is 12.2 Å². The molecule has 42 heavy (non-hydrogen) atoms. The quantitative estimate of drug-likeness (QED) is 0.0396. The number of carbonyl (C=O) groups is 1. The highest BCUT2D eigenvalue weighted by Crippen LogP contribution is 2.15. The van der Waals surface area contributed by atoms with Gasteiger partial charge in [-0.15, -0.1) is 0 Å². The summed E-state index contributed by atoms with van der Waals surface area (Å²) in [6, 6.07) is -0.981. The summed E-state index contributed by atoms with van der Waals surface area (Å²) in [7, 11) is 0. The molecule has 0 aliphatic carbocycles. The van der Waals surface area contributed by atoms with Gasteiger partial charge in [0.2, 0.25) is 5.91 Å². The molecule has 250 valence electrons. The number of aliphatic hydroxyl groups is 4. The van der Waals surface area contributed by atoms with E-state index < -0.39 is 36.9 Å². The molecule has 4 atom stereocenters. The highest BCUT2D eigenvalue weighted by Gasteiger charge is 2.28. The molecule has 6 nitrogen and oxygen atoms in total. The van der Waals surface area contributed by atoms with Crippen LogP contribution in [-0.4, -0.2) is 57.3 Å². The zero-order valence-corrected chi connectivity index (χ0v) is 27.8. The first-order valence-electron chi connectivity index (χ1n) is 18.1. The molecule has 1 amide bonds. The van der Waals surface area contributed by atoms with E-state index in [1.807, 2.05) is 0 Å². The zero-order valence-electron chi connectivity index (χ0n) is 27.8. The average molecular weight is 598 g/mol. The zero-order chi connectivity index (χ0) is 31.1. The minimum absolute atomic E-state index is 0.363. The number of aliphatic hydroxyl groups excluding tert-OH is 4. The van der Waals surface area contributed by atoms with Gasteiger partial charge >= 0.3 is 0 Å². The van der Waals surface area contributed by atoms with Gasteiger partial charge in [-0.3, -0.25) is 4.79 Å². The predicted octanol–water partition coefficient (Wildman–Crippen LogP) is 8.28. The van der Waals surface area contributed by atoms with Gasteiger partial charge in [0.1, 0.15) is 12.2 Å². The van der Waals surface area contributed by atoms with Crippen LogP contribution in [0.2, 0.25) is 0 Å². The van der Waals surface area contributed by atoms with Crippen molar-refractivity contribution in [1.29, 1.82) is 0 Å². The fourth-order valence-corrected chi connectivity index (χ4v) is 5.51. The van der Waals surface area contributed by atoms with Gasteiger partial charge in [-0.2, -0.15) is 0 Å². The van der Waals surface area contributed by atoms with Crippen LogP contribution in [0.25, 0.3) is 0 Å². The number of nitrogens with one attached hydrogen (secondary N) is 1. The molecule has 0 aromatic carbocycles. The molecule has 0 aliphatic rings. The fourth-order valence-electron chi connectivity index (χ4n) is 5.51. The number of hydrogen-bond acceptors (Lipinski definition) is 5. The first-order valence-corrected chi connectivity index (χ1v) is 18.1. The number of rotatable bonds is 32. The van der Waals surface area contributed by atoms with E-state index in [2.05, 4.69) is 31.3 Å². The summed E-state index contributed by atoms with van der Waals surface area (Å²) in [5.41, 5.74) is 0. The maximum Gasteiger partial charge on any atom is 0.249 e. The summed E-state index contributed by atoms with van der Waals surface area (Å²) in [4.78, 5) is 12.4. The van der Waals surface area contributed by atoms with Crippen LogP contribution in [0.5, 0.6) is 0 Å². The van der Waals surface area contributed by atoms with E-state index in [-0.39, 0.29) is 0 Å². The second kappa shape index (κ2) is 31.5. The smallest absolute Gasteiger partial charge is 0.249 e. The van der Waals surface area contributed by atoms with Crippen molar-refractivity contribution in [2.24, 2.45) is 0 Å². The summed E-state index contributed by atoms with van der Waals surface area (Å²) in [5.74, 6) is -0.592. The lowest BCUT2D eigenvalue weighted by molar-refractivity contribution is -0.132. The lowest BCUT2D eigenvalue weighted by Crippen LogP contribution is -2.53. The molecule has 0 heterocycles. The van der Waals surface area contributed by atoms with Gasteiger partial charge in [0.05, 0.1) is 18.8 Å². The molecule has 6 heteroatoms. The maximum absolute atomic E-state index is 12.4. The molecule has 0 saturated carbocycles. The number of unbranched alkanes of at least 4 members (excludes halogenated alkanes) is 21. The number of hydrogen-bond donors (Lipinski definition) is 5. The summed E-state index contributed by atoms with van der Waals surface area (Å²) in [5, 5.41) is 43.1. The van der Waals surface area contributed by atoms with Gasteiger partial charge in [0.15, 0.2) is 0 Å². The van der Waals surface area contributed by atoms with E-state index in [9.17, 15) is 25.2 Å². The lowest BCUT2D eigenvalue weighted by Gasteiger charge is -2.27. The van der Waals surface area contributed by atoms with Gasteiger partial charge in [-0.05, 0) is 38.5 Å². The minimum Gasteiger partial charge on any atom is -0.394 e. The SMILES string of the molecule is CCCCCCCCCCC/C=C\CCCCCCCCC(O)C(=O)NC(CO)C(O)C(O)CCCCCCCCC. The van der Waals surface area contributed by atoms with Crippen molar-refractivity contribution >= 4 is 5.91 Å². The van der Waals surface area contributed by atoms with E-state index in [1.54, 1.807) is 0 Å². The highest BCUT2D eigenvalue weighted by molar-refractivity contribution is 5.80. The molecular weight excluding hydrogens is 526 g/mol. The van der Waals surface area contributed by atoms with Crippen molar-refractivity contribution in [2.45, 2.75) is 205 Å². The van der Waals surface area contributed by atoms with E-state index in [0.29, 0.717) is 12.8 Å². The molecule has 0 aromatic heterocycles. The minimum atomic E-state index is -1.25. The monoisotopic (exact) mass is 598 g/mol. The highest BCUT2D eigenvalue weighted by atomic mass is 16.3. The van der Waals surface area contributed by atoms with Crippen molar-refractivity contribution in [3.63, 3.8) is 0 Å². The van der Waals surface area contributed by atoms with E-state index in [4.69, 9.17) is 0 Å². The van der Waals surface area contributed by atoms with E-state index in [1.165, 1.54) is 109 Å². The predicted molar refractivity (Wildman–Crippen MR) is 178 cm³/mol. The number of carbonyl (C=O) groups excluding carboxylic acids is 1. The molecule has 0 aromatic rings. The van der Waals surface area contributed by atoms with Crippen molar-refractivity contribution in [3.8, 4) is 0 Å². The topological polar surface area (TPSA) is 110 Å². The Bertz CT molecular complexity index is 599. The Kier molecular flexibility index (Phi) is 30.8. The van der Waals surface area contributed by atoms with Gasteiger partial charge in [-0.25, -0.2) is 0 Å². The van der Waals surface area contributed by atoms with Crippen LogP contribution in [0, 0.1) is 0 Å². The molecule has 0 fully saturated rings. The Hall–Kier alpha value is -0.950. The summed E-state index contributed by atoms with van der Waals surface area (Å²) in [6.07, 6.45) is 31.1. The van der Waals surface area contributed by atoms with Crippen molar-refractivity contribution in [1.82, 2.24) is 5.32 Å². The summed E-state index contributed by atoms with van der Waals surface area (Å²) >= 11 is 0. The van der Waals surface area contributed by atoms with Crippen LogP contribution < -0.4 is 5.32 Å². The van der Waals surface area contributed by atoms with Gasteiger partial charge in [-0.1, -0.05) is 154 Å². The third kappa shape index (κ3) is 25.5. The normalized spacial score (nSPS) is 14.7. The third-order valence-electron chi connectivity index (χ3n) is 8.48. The Morgan fingerprint density at radius 2 is 0.952 bits per heavy atom. The standard InChI is InChI=1S/C36H71NO5/c1-3-5-7-9-11-12-13-14-15-16-17-18-19-20-21-22-24-26-28-30-34(40)36(42)37-32(31-38)35(41)33(39)29-27-25-23-10-8-6-4-2/h17-18,32-35,38-41H,3-16,19-31H2,1-2H3,(H,37,42)/b18-17-. The number of allylic oxidation sites excluding steroid dienone is 2. The molecule has 0 bridgehead atoms. The molecule has 0 spiro atoms. The van der Waals surface area contributed by atoms with Crippen LogP contribution >= 0.6 is 0 Å². The first kappa shape index (κ1) is 41.0. The van der Waals surface area contributed by atoms with Crippen molar-refractivity contribution in [2.75, 3.05) is 6.61 Å². The second-order valence-corrected chi connectivity index (χ2v) is 12.6. The molecule has 4 unspecified atom stereocenters. The second-order valence-electron chi connectivity index (χ2n) is 12.6. The van der Waals surface area contributed by atoms with Crippen LogP contribution in [0.4, 0.5) is 0 Å². The Balaban J connectivity index is 3.75. The molecule has 0 radical (unpaired) electrons. The first-order chi connectivity index (χ1) is 20.5. The van der Waals surface area contributed by atoms with Crippen LogP contribution in [0.15, 0.2) is 12.2 Å². The van der Waals surface area contributed by atoms with Crippen LogP contribution in [-0.2, 0) is 4.79 Å². The number of amides is 1. The fraction of sp³-hybridized carbons (Fsp3) is 0.917. The summed E-state index contributed by atoms with van der Waals surface area (Å²) < 4.78 is 0. The molecule has 0 aliphatic heterocycles. The van der Waals surface area contributed by atoms with Gasteiger partial charge in [0.25, 0.3) is 0 Å². The van der Waals surface area contributed by atoms with Crippen molar-refractivity contribution < 1.29 is 25.2 Å². The lowest BCUT2D eigenvalue weighted by atomic mass is 9.99. The maximum atomic E-state index is 12.4. The molecule has 0 rings (SSSR count). The molecule has 5 N–H and O–H groups in total. The van der Waals surface area contributed by atoms with Gasteiger partial charge in [0, 0.05) is 0 Å². The van der Waals surface area contributed by atoms with Crippen LogP contribution in [0.1, 0.15) is 181 Å². The molecule has 0 saturated heterocycles. The van der Waals surface area contributed by atoms with Gasteiger partial charge < -0.3 is 25.7 Å².